The summed E-state index contributed by atoms with van der Waals surface area (Å²) in [4.78, 5) is 12.4. The van der Waals surface area contributed by atoms with Gasteiger partial charge in [0.25, 0.3) is 0 Å². The highest BCUT2D eigenvalue weighted by Crippen LogP contribution is 2.38. The minimum atomic E-state index is -0.251. The summed E-state index contributed by atoms with van der Waals surface area (Å²) in [7, 11) is 4.68. The lowest BCUT2D eigenvalue weighted by Crippen LogP contribution is -2.36. The quantitative estimate of drug-likeness (QED) is 0.622. The molecule has 6 nitrogen and oxygen atoms in total. The molecule has 1 atom stereocenters. The van der Waals surface area contributed by atoms with Crippen LogP contribution in [0.3, 0.4) is 0 Å². The van der Waals surface area contributed by atoms with Crippen LogP contribution in [-0.4, -0.2) is 27.4 Å². The summed E-state index contributed by atoms with van der Waals surface area (Å²) in [5, 5.41) is 8.17. The monoisotopic (exact) mass is 394 g/mol. The van der Waals surface area contributed by atoms with Gasteiger partial charge in [-0.15, -0.1) is 0 Å². The molecule has 0 aliphatic carbocycles. The molecule has 3 aromatic carbocycles. The lowest BCUT2D eigenvalue weighted by atomic mass is 10.0. The van der Waals surface area contributed by atoms with Crippen molar-refractivity contribution in [3.05, 3.63) is 65.7 Å². The molecule has 1 unspecified atom stereocenters. The summed E-state index contributed by atoms with van der Waals surface area (Å²) in [6.45, 7) is 2.29. The van der Waals surface area contributed by atoms with Crippen LogP contribution in [0.1, 0.15) is 24.1 Å². The van der Waals surface area contributed by atoms with Gasteiger partial charge in [0.1, 0.15) is 0 Å². The Hall–Kier alpha value is -3.41. The molecular formula is C23H26N2O4. The molecule has 2 amide bonds. The molecule has 6 heteroatoms. The molecule has 0 bridgehead atoms. The third-order valence-electron chi connectivity index (χ3n) is 4.80. The number of urea groups is 1. The largest absolute Gasteiger partial charge is 0.493 e. The Labute approximate surface area is 170 Å². The Balaban J connectivity index is 1.64. The molecule has 0 aliphatic heterocycles. The van der Waals surface area contributed by atoms with E-state index in [2.05, 4.69) is 34.9 Å². The number of amides is 2. The molecule has 3 aromatic rings. The minimum absolute atomic E-state index is 0.125. The zero-order valence-electron chi connectivity index (χ0n) is 17.1. The van der Waals surface area contributed by atoms with Crippen LogP contribution in [-0.2, 0) is 6.54 Å². The Bertz CT molecular complexity index is 978. The molecule has 29 heavy (non-hydrogen) atoms. The van der Waals surface area contributed by atoms with Gasteiger partial charge in [-0.2, -0.15) is 0 Å². The Kier molecular flexibility index (Phi) is 6.44. The van der Waals surface area contributed by atoms with Crippen molar-refractivity contribution in [2.75, 3.05) is 21.3 Å². The second-order valence-electron chi connectivity index (χ2n) is 6.69. The molecule has 0 heterocycles. The number of methoxy groups -OCH3 is 3. The zero-order valence-corrected chi connectivity index (χ0v) is 17.1. The van der Waals surface area contributed by atoms with Gasteiger partial charge in [0.2, 0.25) is 5.75 Å². The SMILES string of the molecule is COc1cc(CNC(=O)NC(C)c2ccc3ccccc3c2)cc(OC)c1OC. The Morgan fingerprint density at radius 2 is 1.55 bits per heavy atom. The molecule has 0 saturated carbocycles. The van der Waals surface area contributed by atoms with E-state index in [1.165, 1.54) is 5.39 Å². The average Bonchev–Trinajstić information content (AvgIpc) is 2.76. The van der Waals surface area contributed by atoms with Crippen molar-refractivity contribution in [1.29, 1.82) is 0 Å². The fraction of sp³-hybridized carbons (Fsp3) is 0.261. The first-order chi connectivity index (χ1) is 14.0. The highest BCUT2D eigenvalue weighted by atomic mass is 16.5. The van der Waals surface area contributed by atoms with Crippen LogP contribution in [0.4, 0.5) is 4.79 Å². The number of nitrogens with one attached hydrogen (secondary N) is 2. The topological polar surface area (TPSA) is 68.8 Å². The lowest BCUT2D eigenvalue weighted by molar-refractivity contribution is 0.237. The van der Waals surface area contributed by atoms with Crippen molar-refractivity contribution in [1.82, 2.24) is 10.6 Å². The lowest BCUT2D eigenvalue weighted by Gasteiger charge is -2.17. The maximum Gasteiger partial charge on any atom is 0.315 e. The van der Waals surface area contributed by atoms with Crippen molar-refractivity contribution in [3.63, 3.8) is 0 Å². The molecule has 0 aliphatic rings. The number of hydrogen-bond donors (Lipinski definition) is 2. The first-order valence-electron chi connectivity index (χ1n) is 9.37. The smallest absolute Gasteiger partial charge is 0.315 e. The number of hydrogen-bond acceptors (Lipinski definition) is 4. The summed E-state index contributed by atoms with van der Waals surface area (Å²) in [6.07, 6.45) is 0. The molecule has 0 spiro atoms. The summed E-state index contributed by atoms with van der Waals surface area (Å²) >= 11 is 0. The molecule has 0 fully saturated rings. The Morgan fingerprint density at radius 1 is 0.897 bits per heavy atom. The van der Waals surface area contributed by atoms with Gasteiger partial charge in [0, 0.05) is 6.54 Å². The van der Waals surface area contributed by atoms with Crippen LogP contribution >= 0.6 is 0 Å². The van der Waals surface area contributed by atoms with E-state index in [0.717, 1.165) is 16.5 Å². The number of ether oxygens (including phenoxy) is 3. The van der Waals surface area contributed by atoms with Gasteiger partial charge in [0.15, 0.2) is 11.5 Å². The van der Waals surface area contributed by atoms with E-state index in [9.17, 15) is 4.79 Å². The van der Waals surface area contributed by atoms with Crippen molar-refractivity contribution >= 4 is 16.8 Å². The normalized spacial score (nSPS) is 11.6. The van der Waals surface area contributed by atoms with Gasteiger partial charge in [-0.25, -0.2) is 4.79 Å². The van der Waals surface area contributed by atoms with Crippen LogP contribution in [0.25, 0.3) is 10.8 Å². The van der Waals surface area contributed by atoms with Crippen LogP contribution in [0.5, 0.6) is 17.2 Å². The number of carbonyl (C=O) groups is 1. The molecule has 2 N–H and O–H groups in total. The first kappa shape index (κ1) is 20.3. The molecule has 152 valence electrons. The number of rotatable bonds is 7. The summed E-state index contributed by atoms with van der Waals surface area (Å²) < 4.78 is 16.0. The van der Waals surface area contributed by atoms with Crippen molar-refractivity contribution in [2.45, 2.75) is 19.5 Å². The van der Waals surface area contributed by atoms with Crippen LogP contribution < -0.4 is 24.8 Å². The van der Waals surface area contributed by atoms with E-state index in [4.69, 9.17) is 14.2 Å². The van der Waals surface area contributed by atoms with Crippen LogP contribution in [0.2, 0.25) is 0 Å². The second kappa shape index (κ2) is 9.19. The molecule has 3 rings (SSSR count). The van der Waals surface area contributed by atoms with Gasteiger partial charge in [-0.3, -0.25) is 0 Å². The highest BCUT2D eigenvalue weighted by Gasteiger charge is 2.14. The second-order valence-corrected chi connectivity index (χ2v) is 6.69. The molecule has 0 aromatic heterocycles. The number of benzene rings is 3. The van der Waals surface area contributed by atoms with Crippen LogP contribution in [0, 0.1) is 0 Å². The Morgan fingerprint density at radius 3 is 2.17 bits per heavy atom. The van der Waals surface area contributed by atoms with E-state index < -0.39 is 0 Å². The standard InChI is InChI=1S/C23H26N2O4/c1-15(18-10-9-17-7-5-6-8-19(17)13-18)25-23(26)24-14-16-11-20(27-2)22(29-4)21(12-16)28-3/h5-13,15H,14H2,1-4H3,(H2,24,25,26). The van der Waals surface area contributed by atoms with Crippen molar-refractivity contribution < 1.29 is 19.0 Å². The predicted octanol–water partition coefficient (Wildman–Crippen LogP) is 4.43. The van der Waals surface area contributed by atoms with Gasteiger partial charge < -0.3 is 24.8 Å². The average molecular weight is 394 g/mol. The summed E-state index contributed by atoms with van der Waals surface area (Å²) in [5.41, 5.74) is 1.89. The van der Waals surface area contributed by atoms with Crippen molar-refractivity contribution in [2.24, 2.45) is 0 Å². The van der Waals surface area contributed by atoms with E-state index in [0.29, 0.717) is 23.8 Å². The fourth-order valence-electron chi connectivity index (χ4n) is 3.23. The van der Waals surface area contributed by atoms with E-state index in [1.807, 2.05) is 37.3 Å². The van der Waals surface area contributed by atoms with Crippen molar-refractivity contribution in [3.8, 4) is 17.2 Å². The molecule has 0 radical (unpaired) electrons. The molecule has 0 saturated heterocycles. The van der Waals surface area contributed by atoms with E-state index in [1.54, 1.807) is 21.3 Å². The third kappa shape index (κ3) is 4.71. The predicted molar refractivity (Wildman–Crippen MR) is 114 cm³/mol. The summed E-state index contributed by atoms with van der Waals surface area (Å²) in [6, 6.07) is 17.6. The van der Waals surface area contributed by atoms with E-state index >= 15 is 0 Å². The zero-order chi connectivity index (χ0) is 20.8. The fourth-order valence-corrected chi connectivity index (χ4v) is 3.23. The van der Waals surface area contributed by atoms with Gasteiger partial charge in [0.05, 0.1) is 27.4 Å². The van der Waals surface area contributed by atoms with E-state index in [-0.39, 0.29) is 12.1 Å². The van der Waals surface area contributed by atoms with Crippen LogP contribution in [0.15, 0.2) is 54.6 Å². The summed E-state index contributed by atoms with van der Waals surface area (Å²) in [5.74, 6) is 1.62. The highest BCUT2D eigenvalue weighted by molar-refractivity contribution is 5.83. The maximum absolute atomic E-state index is 12.4. The van der Waals surface area contributed by atoms with Gasteiger partial charge in [-0.05, 0) is 47.0 Å². The third-order valence-corrected chi connectivity index (χ3v) is 4.80. The maximum atomic E-state index is 12.4. The van der Waals surface area contributed by atoms with Gasteiger partial charge >= 0.3 is 6.03 Å². The van der Waals surface area contributed by atoms with Gasteiger partial charge in [-0.1, -0.05) is 36.4 Å². The molecular weight excluding hydrogens is 368 g/mol. The number of carbonyl (C=O) groups excluding carboxylic acids is 1. The number of fused-ring (bicyclic) bond motifs is 1. The minimum Gasteiger partial charge on any atom is -0.493 e. The first-order valence-corrected chi connectivity index (χ1v) is 9.37.